The summed E-state index contributed by atoms with van der Waals surface area (Å²) in [6.07, 6.45) is 0. The molecule has 0 saturated heterocycles. The molecular weight excluding hydrogens is 171 g/mol. The zero-order valence-electron chi connectivity index (χ0n) is 7.97. The van der Waals surface area contributed by atoms with Crippen molar-refractivity contribution in [3.8, 4) is 11.5 Å². The van der Waals surface area contributed by atoms with E-state index in [0.29, 0.717) is 0 Å². The number of hydrogen-bond acceptors (Lipinski definition) is 2. The molecule has 0 bridgehead atoms. The molecule has 1 aromatic rings. The standard InChI is InChI=1S/C10H13FO2/c1-10(2,3)13-8-6-4-5-7(11)9(8)12/h4-6,12H,1-3H3. The lowest BCUT2D eigenvalue weighted by molar-refractivity contribution is 0.125. The van der Waals surface area contributed by atoms with E-state index in [4.69, 9.17) is 4.74 Å². The fourth-order valence-electron chi connectivity index (χ4n) is 0.908. The van der Waals surface area contributed by atoms with Gasteiger partial charge in [-0.3, -0.25) is 0 Å². The van der Waals surface area contributed by atoms with Gasteiger partial charge in [0, 0.05) is 0 Å². The number of aromatic hydroxyl groups is 1. The van der Waals surface area contributed by atoms with E-state index in [0.717, 1.165) is 0 Å². The van der Waals surface area contributed by atoms with Gasteiger partial charge in [-0.15, -0.1) is 0 Å². The molecule has 3 heteroatoms. The molecule has 72 valence electrons. The van der Waals surface area contributed by atoms with Crippen LogP contribution in [0.3, 0.4) is 0 Å². The monoisotopic (exact) mass is 184 g/mol. The summed E-state index contributed by atoms with van der Waals surface area (Å²) in [5.41, 5.74) is -0.439. The Kier molecular flexibility index (Phi) is 2.45. The fourth-order valence-corrected chi connectivity index (χ4v) is 0.908. The molecular formula is C10H13FO2. The maximum absolute atomic E-state index is 12.8. The Bertz CT molecular complexity index is 302. The summed E-state index contributed by atoms with van der Waals surface area (Å²) in [5.74, 6) is -0.924. The number of halogens is 1. The Balaban J connectivity index is 2.96. The van der Waals surface area contributed by atoms with E-state index in [1.165, 1.54) is 18.2 Å². The molecule has 0 atom stereocenters. The van der Waals surface area contributed by atoms with Crippen LogP contribution in [-0.2, 0) is 0 Å². The van der Waals surface area contributed by atoms with E-state index in [2.05, 4.69) is 0 Å². The third kappa shape index (κ3) is 2.61. The second-order valence-electron chi connectivity index (χ2n) is 3.80. The highest BCUT2D eigenvalue weighted by atomic mass is 19.1. The molecule has 13 heavy (non-hydrogen) atoms. The van der Waals surface area contributed by atoms with Gasteiger partial charge in [0.05, 0.1) is 0 Å². The number of ether oxygens (including phenoxy) is 1. The average Bonchev–Trinajstić information content (AvgIpc) is 1.96. The van der Waals surface area contributed by atoms with Gasteiger partial charge < -0.3 is 9.84 Å². The van der Waals surface area contributed by atoms with Gasteiger partial charge in [0.25, 0.3) is 0 Å². The van der Waals surface area contributed by atoms with Crippen molar-refractivity contribution in [3.63, 3.8) is 0 Å². The van der Waals surface area contributed by atoms with E-state index < -0.39 is 17.2 Å². The number of hydrogen-bond donors (Lipinski definition) is 1. The molecule has 0 aromatic heterocycles. The smallest absolute Gasteiger partial charge is 0.194 e. The second-order valence-corrected chi connectivity index (χ2v) is 3.80. The number of para-hydroxylation sites is 1. The summed E-state index contributed by atoms with van der Waals surface area (Å²) in [5, 5.41) is 9.26. The summed E-state index contributed by atoms with van der Waals surface area (Å²) < 4.78 is 18.1. The van der Waals surface area contributed by atoms with Crippen LogP contribution in [0.5, 0.6) is 11.5 Å². The van der Waals surface area contributed by atoms with Crippen LogP contribution in [0.25, 0.3) is 0 Å². The third-order valence-electron chi connectivity index (χ3n) is 1.37. The SMILES string of the molecule is CC(C)(C)Oc1cccc(F)c1O. The van der Waals surface area contributed by atoms with Crippen molar-refractivity contribution in [1.29, 1.82) is 0 Å². The molecule has 0 fully saturated rings. The minimum Gasteiger partial charge on any atom is -0.502 e. The molecule has 0 radical (unpaired) electrons. The zero-order valence-corrected chi connectivity index (χ0v) is 7.97. The van der Waals surface area contributed by atoms with Crippen LogP contribution in [0.15, 0.2) is 18.2 Å². The quantitative estimate of drug-likeness (QED) is 0.727. The largest absolute Gasteiger partial charge is 0.502 e. The van der Waals surface area contributed by atoms with Crippen molar-refractivity contribution in [2.24, 2.45) is 0 Å². The molecule has 0 amide bonds. The molecule has 0 saturated carbocycles. The van der Waals surface area contributed by atoms with Gasteiger partial charge >= 0.3 is 0 Å². The molecule has 0 aliphatic rings. The molecule has 1 N–H and O–H groups in total. The summed E-state index contributed by atoms with van der Waals surface area (Å²) >= 11 is 0. The van der Waals surface area contributed by atoms with Gasteiger partial charge in [-0.1, -0.05) is 6.07 Å². The van der Waals surface area contributed by atoms with E-state index in [9.17, 15) is 9.50 Å². The Labute approximate surface area is 77.0 Å². The Morgan fingerprint density at radius 3 is 2.46 bits per heavy atom. The molecule has 2 nitrogen and oxygen atoms in total. The van der Waals surface area contributed by atoms with Crippen LogP contribution >= 0.6 is 0 Å². The molecule has 0 heterocycles. The van der Waals surface area contributed by atoms with E-state index >= 15 is 0 Å². The highest BCUT2D eigenvalue weighted by Crippen LogP contribution is 2.30. The first kappa shape index (κ1) is 9.84. The Morgan fingerprint density at radius 2 is 1.92 bits per heavy atom. The van der Waals surface area contributed by atoms with Crippen molar-refractivity contribution >= 4 is 0 Å². The third-order valence-corrected chi connectivity index (χ3v) is 1.37. The normalized spacial score (nSPS) is 11.4. The number of rotatable bonds is 1. The predicted octanol–water partition coefficient (Wildman–Crippen LogP) is 2.71. The number of phenolic OH excluding ortho intramolecular Hbond substituents is 1. The van der Waals surface area contributed by atoms with Gasteiger partial charge in [0.15, 0.2) is 17.3 Å². The summed E-state index contributed by atoms with van der Waals surface area (Å²) in [6, 6.07) is 4.21. The maximum Gasteiger partial charge on any atom is 0.194 e. The zero-order chi connectivity index (χ0) is 10.1. The van der Waals surface area contributed by atoms with Crippen molar-refractivity contribution in [2.75, 3.05) is 0 Å². The molecule has 1 aromatic carbocycles. The lowest BCUT2D eigenvalue weighted by atomic mass is 10.2. The minimum atomic E-state index is -0.665. The lowest BCUT2D eigenvalue weighted by Crippen LogP contribution is -2.23. The Morgan fingerprint density at radius 1 is 1.31 bits per heavy atom. The topological polar surface area (TPSA) is 29.5 Å². The van der Waals surface area contributed by atoms with Crippen LogP contribution < -0.4 is 4.74 Å². The Hall–Kier alpha value is -1.25. The van der Waals surface area contributed by atoms with Gasteiger partial charge in [-0.05, 0) is 32.9 Å². The molecule has 0 aliphatic carbocycles. The van der Waals surface area contributed by atoms with Crippen molar-refractivity contribution < 1.29 is 14.2 Å². The second kappa shape index (κ2) is 3.24. The number of phenols is 1. The van der Waals surface area contributed by atoms with Gasteiger partial charge in [0.1, 0.15) is 5.60 Å². The highest BCUT2D eigenvalue weighted by molar-refractivity contribution is 5.39. The first-order valence-electron chi connectivity index (χ1n) is 4.06. The molecule has 0 spiro atoms. The molecule has 0 aliphatic heterocycles. The molecule has 1 rings (SSSR count). The van der Waals surface area contributed by atoms with Crippen molar-refractivity contribution in [2.45, 2.75) is 26.4 Å². The summed E-state index contributed by atoms with van der Waals surface area (Å²) in [7, 11) is 0. The summed E-state index contributed by atoms with van der Waals surface area (Å²) in [4.78, 5) is 0. The van der Waals surface area contributed by atoms with Crippen LogP contribution in [0, 0.1) is 5.82 Å². The van der Waals surface area contributed by atoms with Crippen LogP contribution in [0.1, 0.15) is 20.8 Å². The van der Waals surface area contributed by atoms with Crippen LogP contribution in [-0.4, -0.2) is 10.7 Å². The first-order chi connectivity index (χ1) is 5.90. The van der Waals surface area contributed by atoms with Gasteiger partial charge in [0.2, 0.25) is 0 Å². The van der Waals surface area contributed by atoms with E-state index in [1.54, 1.807) is 0 Å². The maximum atomic E-state index is 12.8. The average molecular weight is 184 g/mol. The van der Waals surface area contributed by atoms with Crippen molar-refractivity contribution in [1.82, 2.24) is 0 Å². The number of benzene rings is 1. The van der Waals surface area contributed by atoms with Crippen LogP contribution in [0.4, 0.5) is 4.39 Å². The minimum absolute atomic E-state index is 0.174. The molecule has 0 unspecified atom stereocenters. The lowest BCUT2D eigenvalue weighted by Gasteiger charge is -2.21. The van der Waals surface area contributed by atoms with Crippen molar-refractivity contribution in [3.05, 3.63) is 24.0 Å². The van der Waals surface area contributed by atoms with Gasteiger partial charge in [-0.2, -0.15) is 0 Å². The first-order valence-corrected chi connectivity index (χ1v) is 4.06. The summed E-state index contributed by atoms with van der Waals surface area (Å²) in [6.45, 7) is 5.49. The van der Waals surface area contributed by atoms with Crippen LogP contribution in [0.2, 0.25) is 0 Å². The fraction of sp³-hybridized carbons (Fsp3) is 0.400. The highest BCUT2D eigenvalue weighted by Gasteiger charge is 2.15. The van der Waals surface area contributed by atoms with E-state index in [1.807, 2.05) is 20.8 Å². The predicted molar refractivity (Wildman–Crippen MR) is 48.4 cm³/mol. The van der Waals surface area contributed by atoms with Gasteiger partial charge in [-0.25, -0.2) is 4.39 Å². The van der Waals surface area contributed by atoms with E-state index in [-0.39, 0.29) is 5.75 Å².